The topological polar surface area (TPSA) is 21.3 Å². The maximum absolute atomic E-state index is 12.3. The zero-order chi connectivity index (χ0) is 15.0. The molecule has 0 fully saturated rings. The highest BCUT2D eigenvalue weighted by Crippen LogP contribution is 2.30. The van der Waals surface area contributed by atoms with E-state index in [4.69, 9.17) is 0 Å². The molecule has 0 aliphatic carbocycles. The molecule has 20 heavy (non-hydrogen) atoms. The van der Waals surface area contributed by atoms with Crippen LogP contribution in [0.2, 0.25) is 0 Å². The van der Waals surface area contributed by atoms with Gasteiger partial charge >= 0.3 is 6.36 Å². The van der Waals surface area contributed by atoms with Crippen molar-refractivity contribution >= 4 is 5.69 Å². The third kappa shape index (κ3) is 6.68. The van der Waals surface area contributed by atoms with Crippen LogP contribution in [-0.2, 0) is 0 Å². The third-order valence-corrected chi connectivity index (χ3v) is 3.01. The fraction of sp³-hybridized carbons (Fsp3) is 0.600. The minimum absolute atomic E-state index is 0.116. The SMILES string of the molecule is CCCCCCC(C)Nc1ccccc1OC(F)(F)F. The molecule has 1 aromatic carbocycles. The Morgan fingerprint density at radius 3 is 2.50 bits per heavy atom. The average Bonchev–Trinajstić information content (AvgIpc) is 2.35. The average molecular weight is 289 g/mol. The second-order valence-electron chi connectivity index (χ2n) is 4.94. The summed E-state index contributed by atoms with van der Waals surface area (Å²) in [5.74, 6) is -0.180. The van der Waals surface area contributed by atoms with Gasteiger partial charge in [-0.05, 0) is 25.5 Å². The van der Waals surface area contributed by atoms with Gasteiger partial charge in [0, 0.05) is 6.04 Å². The van der Waals surface area contributed by atoms with Crippen LogP contribution in [0.4, 0.5) is 18.9 Å². The van der Waals surface area contributed by atoms with Crippen LogP contribution in [0.5, 0.6) is 5.75 Å². The second kappa shape index (κ2) is 8.02. The van der Waals surface area contributed by atoms with Crippen LogP contribution in [0.15, 0.2) is 24.3 Å². The van der Waals surface area contributed by atoms with Crippen LogP contribution in [0, 0.1) is 0 Å². The van der Waals surface area contributed by atoms with Gasteiger partial charge in [0.15, 0.2) is 5.75 Å². The van der Waals surface area contributed by atoms with Crippen LogP contribution >= 0.6 is 0 Å². The number of ether oxygens (including phenoxy) is 1. The highest BCUT2D eigenvalue weighted by atomic mass is 19.4. The van der Waals surface area contributed by atoms with Gasteiger partial charge in [0.25, 0.3) is 0 Å². The maximum Gasteiger partial charge on any atom is 0.573 e. The Morgan fingerprint density at radius 1 is 1.15 bits per heavy atom. The van der Waals surface area contributed by atoms with Gasteiger partial charge in [-0.1, -0.05) is 44.7 Å². The van der Waals surface area contributed by atoms with Crippen molar-refractivity contribution in [2.24, 2.45) is 0 Å². The van der Waals surface area contributed by atoms with Gasteiger partial charge in [0.05, 0.1) is 5.69 Å². The van der Waals surface area contributed by atoms with E-state index in [1.807, 2.05) is 6.92 Å². The van der Waals surface area contributed by atoms with Gasteiger partial charge in [0.2, 0.25) is 0 Å². The molecule has 1 rings (SSSR count). The van der Waals surface area contributed by atoms with E-state index < -0.39 is 6.36 Å². The first-order chi connectivity index (χ1) is 9.42. The third-order valence-electron chi connectivity index (χ3n) is 3.01. The lowest BCUT2D eigenvalue weighted by Crippen LogP contribution is -2.20. The number of benzene rings is 1. The number of rotatable bonds is 8. The Labute approximate surface area is 118 Å². The summed E-state index contributed by atoms with van der Waals surface area (Å²) in [5.41, 5.74) is 0.382. The van der Waals surface area contributed by atoms with Crippen molar-refractivity contribution in [1.29, 1.82) is 0 Å². The summed E-state index contributed by atoms with van der Waals surface area (Å²) >= 11 is 0. The molecule has 0 radical (unpaired) electrons. The summed E-state index contributed by atoms with van der Waals surface area (Å²) in [6, 6.07) is 6.25. The molecular weight excluding hydrogens is 267 g/mol. The predicted molar refractivity (Wildman–Crippen MR) is 75.0 cm³/mol. The number of nitrogens with one attached hydrogen (secondary N) is 1. The van der Waals surface area contributed by atoms with Gasteiger partial charge in [-0.2, -0.15) is 0 Å². The summed E-state index contributed by atoms with van der Waals surface area (Å²) in [4.78, 5) is 0. The summed E-state index contributed by atoms with van der Waals surface area (Å²) in [6.07, 6.45) is 0.862. The molecule has 0 saturated heterocycles. The number of hydrogen-bond acceptors (Lipinski definition) is 2. The van der Waals surface area contributed by atoms with E-state index in [-0.39, 0.29) is 11.8 Å². The zero-order valence-electron chi connectivity index (χ0n) is 12.0. The van der Waals surface area contributed by atoms with Crippen molar-refractivity contribution < 1.29 is 17.9 Å². The number of alkyl halides is 3. The van der Waals surface area contributed by atoms with E-state index in [0.717, 1.165) is 19.3 Å². The largest absolute Gasteiger partial charge is 0.573 e. The standard InChI is InChI=1S/C15H22F3NO/c1-3-4-5-6-9-12(2)19-13-10-7-8-11-14(13)20-15(16,17)18/h7-8,10-12,19H,3-6,9H2,1-2H3. The summed E-state index contributed by atoms with van der Waals surface area (Å²) in [7, 11) is 0. The van der Waals surface area contributed by atoms with Gasteiger partial charge < -0.3 is 10.1 Å². The maximum atomic E-state index is 12.3. The van der Waals surface area contributed by atoms with Gasteiger partial charge in [-0.25, -0.2) is 0 Å². The zero-order valence-corrected chi connectivity index (χ0v) is 12.0. The first-order valence-electron chi connectivity index (χ1n) is 7.03. The molecule has 2 nitrogen and oxygen atoms in total. The lowest BCUT2D eigenvalue weighted by atomic mass is 10.1. The van der Waals surface area contributed by atoms with Crippen molar-refractivity contribution in [3.05, 3.63) is 24.3 Å². The molecule has 0 aliphatic heterocycles. The van der Waals surface area contributed by atoms with Crippen LogP contribution in [0.3, 0.4) is 0 Å². The van der Waals surface area contributed by atoms with Crippen LogP contribution < -0.4 is 10.1 Å². The number of unbranched alkanes of at least 4 members (excludes halogenated alkanes) is 3. The Hall–Kier alpha value is -1.39. The van der Waals surface area contributed by atoms with Crippen molar-refractivity contribution in [1.82, 2.24) is 0 Å². The number of halogens is 3. The Kier molecular flexibility index (Phi) is 6.68. The van der Waals surface area contributed by atoms with Crippen LogP contribution in [0.1, 0.15) is 46.0 Å². The molecule has 0 bridgehead atoms. The fourth-order valence-electron chi connectivity index (χ4n) is 2.01. The van der Waals surface area contributed by atoms with E-state index in [0.29, 0.717) is 5.69 Å². The molecule has 1 unspecified atom stereocenters. The molecule has 5 heteroatoms. The van der Waals surface area contributed by atoms with E-state index in [1.54, 1.807) is 12.1 Å². The first-order valence-corrected chi connectivity index (χ1v) is 7.03. The van der Waals surface area contributed by atoms with Crippen molar-refractivity contribution in [3.63, 3.8) is 0 Å². The first kappa shape index (κ1) is 16.7. The van der Waals surface area contributed by atoms with Crippen LogP contribution in [0.25, 0.3) is 0 Å². The fourth-order valence-corrected chi connectivity index (χ4v) is 2.01. The molecule has 1 atom stereocenters. The van der Waals surface area contributed by atoms with E-state index in [9.17, 15) is 13.2 Å². The molecule has 1 aromatic rings. The smallest absolute Gasteiger partial charge is 0.404 e. The van der Waals surface area contributed by atoms with Gasteiger partial charge in [-0.3, -0.25) is 0 Å². The molecule has 0 aliphatic rings. The highest BCUT2D eigenvalue weighted by molar-refractivity contribution is 5.56. The van der Waals surface area contributed by atoms with Crippen molar-refractivity contribution in [2.75, 3.05) is 5.32 Å². The number of hydrogen-bond donors (Lipinski definition) is 1. The monoisotopic (exact) mass is 289 g/mol. The summed E-state index contributed by atoms with van der Waals surface area (Å²) in [5, 5.41) is 3.08. The molecule has 0 spiro atoms. The predicted octanol–water partition coefficient (Wildman–Crippen LogP) is 5.36. The minimum atomic E-state index is -4.66. The summed E-state index contributed by atoms with van der Waals surface area (Å²) < 4.78 is 40.9. The highest BCUT2D eigenvalue weighted by Gasteiger charge is 2.32. The van der Waals surface area contributed by atoms with Crippen LogP contribution in [-0.4, -0.2) is 12.4 Å². The number of para-hydroxylation sites is 2. The van der Waals surface area contributed by atoms with Gasteiger partial charge in [0.1, 0.15) is 0 Å². The Bertz CT molecular complexity index is 393. The molecule has 0 saturated carbocycles. The Balaban J connectivity index is 2.54. The molecule has 0 heterocycles. The minimum Gasteiger partial charge on any atom is -0.404 e. The normalized spacial score (nSPS) is 13.1. The lowest BCUT2D eigenvalue weighted by Gasteiger charge is -2.19. The summed E-state index contributed by atoms with van der Waals surface area (Å²) in [6.45, 7) is 4.11. The van der Waals surface area contributed by atoms with Crippen molar-refractivity contribution in [3.8, 4) is 5.75 Å². The molecule has 0 amide bonds. The number of anilines is 1. The van der Waals surface area contributed by atoms with E-state index in [2.05, 4.69) is 17.0 Å². The van der Waals surface area contributed by atoms with Crippen molar-refractivity contribution in [2.45, 2.75) is 58.4 Å². The molecule has 1 N–H and O–H groups in total. The quantitative estimate of drug-likeness (QED) is 0.651. The molecule has 114 valence electrons. The lowest BCUT2D eigenvalue weighted by molar-refractivity contribution is -0.274. The van der Waals surface area contributed by atoms with Gasteiger partial charge in [-0.15, -0.1) is 13.2 Å². The van der Waals surface area contributed by atoms with E-state index in [1.165, 1.54) is 25.0 Å². The second-order valence-corrected chi connectivity index (χ2v) is 4.94. The molecular formula is C15H22F3NO. The van der Waals surface area contributed by atoms with E-state index >= 15 is 0 Å². The molecule has 0 aromatic heterocycles. The Morgan fingerprint density at radius 2 is 1.85 bits per heavy atom.